The molecule has 0 aliphatic heterocycles. The van der Waals surface area contributed by atoms with Crippen LogP contribution in [0.3, 0.4) is 0 Å². The zero-order valence-electron chi connectivity index (χ0n) is 5.63. The molecule has 0 unspecified atom stereocenters. The summed E-state index contributed by atoms with van der Waals surface area (Å²) < 4.78 is 1.50. The standard InChI is InChI=1S/C8H11.Ru/c1-2-5-8-6-3-4-7-8;/h3,6H,2,4-5H2,1H3;. The monoisotopic (exact) mass is 209 g/mol. The Balaban J connectivity index is 2.54. The molecule has 1 aliphatic rings. The topological polar surface area (TPSA) is 0 Å². The molecule has 0 radical (unpaired) electrons. The number of allylic oxidation sites excluding steroid dienone is 4. The fourth-order valence-electron chi connectivity index (χ4n) is 1.01. The van der Waals surface area contributed by atoms with Crippen LogP contribution in [-0.2, 0) is 18.3 Å². The van der Waals surface area contributed by atoms with Crippen molar-refractivity contribution in [3.05, 3.63) is 21.9 Å². The van der Waals surface area contributed by atoms with Gasteiger partial charge in [0, 0.05) is 0 Å². The van der Waals surface area contributed by atoms with Gasteiger partial charge in [-0.1, -0.05) is 0 Å². The van der Waals surface area contributed by atoms with Crippen molar-refractivity contribution in [3.8, 4) is 0 Å². The molecule has 0 aromatic carbocycles. The van der Waals surface area contributed by atoms with E-state index in [1.807, 2.05) is 0 Å². The number of hydrogen-bond donors (Lipinski definition) is 0. The first-order valence-electron chi connectivity index (χ1n) is 3.37. The molecule has 1 aliphatic carbocycles. The molecular weight excluding hydrogens is 197 g/mol. The van der Waals surface area contributed by atoms with Crippen LogP contribution in [0.5, 0.6) is 0 Å². The van der Waals surface area contributed by atoms with Gasteiger partial charge in [-0.15, -0.1) is 0 Å². The van der Waals surface area contributed by atoms with E-state index in [1.165, 1.54) is 22.6 Å². The summed E-state index contributed by atoms with van der Waals surface area (Å²) in [6, 6.07) is 0. The van der Waals surface area contributed by atoms with Crippen LogP contribution in [0.25, 0.3) is 0 Å². The second-order valence-electron chi connectivity index (χ2n) is 2.27. The molecule has 0 fully saturated rings. The first kappa shape index (κ1) is 7.21. The maximum absolute atomic E-state index is 2.71. The summed E-state index contributed by atoms with van der Waals surface area (Å²) in [4.78, 5) is 0. The van der Waals surface area contributed by atoms with E-state index in [0.717, 1.165) is 6.42 Å². The third-order valence-corrected chi connectivity index (χ3v) is 2.38. The van der Waals surface area contributed by atoms with Crippen molar-refractivity contribution in [2.45, 2.75) is 26.2 Å². The average Bonchev–Trinajstić information content (AvgIpc) is 2.18. The molecule has 0 atom stereocenters. The summed E-state index contributed by atoms with van der Waals surface area (Å²) in [5.74, 6) is 0. The Morgan fingerprint density at radius 1 is 1.67 bits per heavy atom. The first-order chi connectivity index (χ1) is 4.34. The fraction of sp³-hybridized carbons (Fsp3) is 0.500. The van der Waals surface area contributed by atoms with Crippen LogP contribution in [-0.4, -0.2) is 0 Å². The third kappa shape index (κ3) is 1.76. The Labute approximate surface area is 66.7 Å². The molecule has 0 nitrogen and oxygen atoms in total. The number of hydrogen-bond acceptors (Lipinski definition) is 0. The van der Waals surface area contributed by atoms with Gasteiger partial charge in [0.15, 0.2) is 0 Å². The Morgan fingerprint density at radius 3 is 2.89 bits per heavy atom. The van der Waals surface area contributed by atoms with E-state index in [0.29, 0.717) is 0 Å². The predicted octanol–water partition coefficient (Wildman–Crippen LogP) is 2.55. The molecule has 0 amide bonds. The maximum atomic E-state index is 2.71. The van der Waals surface area contributed by atoms with Gasteiger partial charge < -0.3 is 0 Å². The van der Waals surface area contributed by atoms with Gasteiger partial charge in [-0.05, 0) is 0 Å². The van der Waals surface area contributed by atoms with Gasteiger partial charge in [0.2, 0.25) is 0 Å². The Kier molecular flexibility index (Phi) is 2.66. The summed E-state index contributed by atoms with van der Waals surface area (Å²) >= 11 is 2.71. The Morgan fingerprint density at radius 2 is 2.44 bits per heavy atom. The molecule has 0 spiro atoms. The molecule has 1 rings (SSSR count). The number of rotatable bonds is 2. The van der Waals surface area contributed by atoms with Gasteiger partial charge in [0.25, 0.3) is 0 Å². The summed E-state index contributed by atoms with van der Waals surface area (Å²) in [5, 5.41) is 0. The summed E-state index contributed by atoms with van der Waals surface area (Å²) in [6.07, 6.45) is 8.15. The fourth-order valence-corrected chi connectivity index (χ4v) is 1.57. The van der Waals surface area contributed by atoms with Gasteiger partial charge in [0.1, 0.15) is 0 Å². The van der Waals surface area contributed by atoms with E-state index in [4.69, 9.17) is 0 Å². The van der Waals surface area contributed by atoms with Crippen molar-refractivity contribution < 1.29 is 18.3 Å². The molecule has 0 saturated carbocycles. The zero-order valence-corrected chi connectivity index (χ0v) is 7.37. The Bertz CT molecular complexity index is 154. The van der Waals surface area contributed by atoms with Crippen LogP contribution in [0.4, 0.5) is 0 Å². The van der Waals surface area contributed by atoms with E-state index >= 15 is 0 Å². The molecule has 0 aromatic heterocycles. The van der Waals surface area contributed by atoms with Crippen LogP contribution in [0.2, 0.25) is 0 Å². The van der Waals surface area contributed by atoms with E-state index in [1.54, 1.807) is 0 Å². The van der Waals surface area contributed by atoms with E-state index < -0.39 is 0 Å². The summed E-state index contributed by atoms with van der Waals surface area (Å²) in [7, 11) is 0. The van der Waals surface area contributed by atoms with Crippen LogP contribution in [0.1, 0.15) is 26.2 Å². The SMILES string of the molecule is CCCC1=[C]([Ru])CC=C1. The molecular formula is C8H11Ru. The second-order valence-corrected chi connectivity index (χ2v) is 3.32. The van der Waals surface area contributed by atoms with Crippen LogP contribution < -0.4 is 0 Å². The van der Waals surface area contributed by atoms with Crippen molar-refractivity contribution in [1.29, 1.82) is 0 Å². The van der Waals surface area contributed by atoms with E-state index in [-0.39, 0.29) is 0 Å². The van der Waals surface area contributed by atoms with Gasteiger partial charge in [-0.2, -0.15) is 0 Å². The molecule has 51 valence electrons. The van der Waals surface area contributed by atoms with Gasteiger partial charge in [-0.25, -0.2) is 0 Å². The van der Waals surface area contributed by atoms with Gasteiger partial charge in [0.05, 0.1) is 0 Å². The quantitative estimate of drug-likeness (QED) is 0.612. The average molecular weight is 208 g/mol. The molecule has 0 saturated heterocycles. The van der Waals surface area contributed by atoms with Crippen LogP contribution >= 0.6 is 0 Å². The summed E-state index contributed by atoms with van der Waals surface area (Å²) in [5.41, 5.74) is 1.54. The Hall–Kier alpha value is 0.103. The molecule has 0 aromatic rings. The predicted molar refractivity (Wildman–Crippen MR) is 35.7 cm³/mol. The third-order valence-electron chi connectivity index (χ3n) is 1.47. The normalized spacial score (nSPS) is 17.6. The van der Waals surface area contributed by atoms with E-state index in [2.05, 4.69) is 37.4 Å². The van der Waals surface area contributed by atoms with Gasteiger partial charge >= 0.3 is 66.4 Å². The zero-order chi connectivity index (χ0) is 6.69. The van der Waals surface area contributed by atoms with Crippen molar-refractivity contribution in [3.63, 3.8) is 0 Å². The van der Waals surface area contributed by atoms with E-state index in [9.17, 15) is 0 Å². The van der Waals surface area contributed by atoms with Crippen molar-refractivity contribution in [2.24, 2.45) is 0 Å². The van der Waals surface area contributed by atoms with Crippen LogP contribution in [0.15, 0.2) is 21.9 Å². The van der Waals surface area contributed by atoms with Crippen molar-refractivity contribution in [1.82, 2.24) is 0 Å². The van der Waals surface area contributed by atoms with Crippen molar-refractivity contribution in [2.75, 3.05) is 0 Å². The molecule has 0 N–H and O–H groups in total. The minimum absolute atomic E-state index is 1.16. The van der Waals surface area contributed by atoms with Crippen LogP contribution in [0, 0.1) is 0 Å². The van der Waals surface area contributed by atoms with Crippen molar-refractivity contribution >= 4 is 0 Å². The summed E-state index contributed by atoms with van der Waals surface area (Å²) in [6.45, 7) is 2.22. The molecule has 0 bridgehead atoms. The van der Waals surface area contributed by atoms with Gasteiger partial charge in [-0.3, -0.25) is 0 Å². The molecule has 1 heteroatoms. The molecule has 9 heavy (non-hydrogen) atoms. The first-order valence-corrected chi connectivity index (χ1v) is 4.24. The minimum atomic E-state index is 1.16. The second kappa shape index (κ2) is 3.32. The molecule has 0 heterocycles.